The van der Waals surface area contributed by atoms with E-state index in [1.165, 1.54) is 29.2 Å². The van der Waals surface area contributed by atoms with Gasteiger partial charge in [0.2, 0.25) is 11.6 Å². The summed E-state index contributed by atoms with van der Waals surface area (Å²) in [5.74, 6) is 1.24. The summed E-state index contributed by atoms with van der Waals surface area (Å²) in [6, 6.07) is 8.05. The first-order valence-electron chi connectivity index (χ1n) is 8.70. The number of alkyl halides is 1. The van der Waals surface area contributed by atoms with Gasteiger partial charge in [0.25, 0.3) is 5.56 Å². The second-order valence-electron chi connectivity index (χ2n) is 6.01. The first kappa shape index (κ1) is 18.5. The summed E-state index contributed by atoms with van der Waals surface area (Å²) >= 11 is 0. The molecule has 4 heterocycles. The van der Waals surface area contributed by atoms with Crippen molar-refractivity contribution in [3.63, 3.8) is 0 Å². The number of hydrogen-bond donors (Lipinski definition) is 0. The highest BCUT2D eigenvalue weighted by Crippen LogP contribution is 2.24. The predicted octanol–water partition coefficient (Wildman–Crippen LogP) is 2.31. The second-order valence-corrected chi connectivity index (χ2v) is 6.01. The van der Waals surface area contributed by atoms with Crippen molar-refractivity contribution in [3.05, 3.63) is 58.8 Å². The van der Waals surface area contributed by atoms with Crippen LogP contribution in [-0.4, -0.2) is 38.0 Å². The summed E-state index contributed by atoms with van der Waals surface area (Å²) in [7, 11) is 1.55. The summed E-state index contributed by atoms with van der Waals surface area (Å²) in [4.78, 5) is 24.2. The lowest BCUT2D eigenvalue weighted by atomic mass is 10.3. The van der Waals surface area contributed by atoms with E-state index in [4.69, 9.17) is 13.9 Å². The van der Waals surface area contributed by atoms with Gasteiger partial charge in [-0.25, -0.2) is 19.0 Å². The fourth-order valence-electron chi connectivity index (χ4n) is 2.50. The molecule has 0 spiro atoms. The zero-order valence-electron chi connectivity index (χ0n) is 15.4. The summed E-state index contributed by atoms with van der Waals surface area (Å²) in [6.07, 6.45) is 3.03. The Morgan fingerprint density at radius 2 is 1.97 bits per heavy atom. The van der Waals surface area contributed by atoms with Crippen LogP contribution in [0.5, 0.6) is 11.5 Å². The molecule has 0 aliphatic rings. The molecule has 0 amide bonds. The van der Waals surface area contributed by atoms with Crippen molar-refractivity contribution >= 4 is 11.2 Å². The molecule has 0 saturated heterocycles. The van der Waals surface area contributed by atoms with Crippen molar-refractivity contribution in [1.82, 2.24) is 24.7 Å². The highest BCUT2D eigenvalue weighted by Gasteiger charge is 2.12. The highest BCUT2D eigenvalue weighted by atomic mass is 19.1. The molecule has 0 bridgehead atoms. The quantitative estimate of drug-likeness (QED) is 0.468. The molecular weight excluding hydrogens is 381 g/mol. The van der Waals surface area contributed by atoms with Crippen LogP contribution in [0.2, 0.25) is 0 Å². The molecule has 4 aromatic heterocycles. The number of ether oxygens (including phenoxy) is 2. The van der Waals surface area contributed by atoms with E-state index in [0.29, 0.717) is 34.1 Å². The van der Waals surface area contributed by atoms with Crippen molar-refractivity contribution in [1.29, 1.82) is 0 Å². The van der Waals surface area contributed by atoms with E-state index < -0.39 is 6.67 Å². The molecule has 0 saturated carbocycles. The third kappa shape index (κ3) is 4.21. The van der Waals surface area contributed by atoms with E-state index in [1.54, 1.807) is 25.2 Å². The molecule has 0 aliphatic heterocycles. The normalized spacial score (nSPS) is 11.0. The van der Waals surface area contributed by atoms with E-state index >= 15 is 0 Å². The number of rotatable bonds is 7. The van der Waals surface area contributed by atoms with Gasteiger partial charge < -0.3 is 13.9 Å². The average Bonchev–Trinajstić information content (AvgIpc) is 3.17. The standard InChI is InChI=1S/C19H16FN5O4/c1-25-17(26)5-4-15(24-25)19-23-16-8-14(10-22-18(16)29-19)28-11-12-2-3-13(9-21-12)27-7-6-20/h2-5,8-10H,6-7,11H2,1H3. The Labute approximate surface area is 163 Å². The number of hydrogen-bond acceptors (Lipinski definition) is 8. The first-order chi connectivity index (χ1) is 14.1. The molecule has 0 aromatic carbocycles. The van der Waals surface area contributed by atoms with E-state index in [9.17, 15) is 9.18 Å². The maximum atomic E-state index is 12.1. The number of fused-ring (bicyclic) bond motifs is 1. The molecule has 29 heavy (non-hydrogen) atoms. The van der Waals surface area contributed by atoms with Gasteiger partial charge in [-0.1, -0.05) is 0 Å². The Kier molecular flexibility index (Phi) is 5.14. The SMILES string of the molecule is Cn1nc(-c2nc3cc(OCc4ccc(OCCF)cn4)cnc3o2)ccc1=O. The minimum Gasteiger partial charge on any atom is -0.489 e. The van der Waals surface area contributed by atoms with Gasteiger partial charge in [0.15, 0.2) is 0 Å². The summed E-state index contributed by atoms with van der Waals surface area (Å²) < 4.78 is 29.8. The average molecular weight is 397 g/mol. The van der Waals surface area contributed by atoms with E-state index in [0.717, 1.165) is 0 Å². The minimum atomic E-state index is -0.553. The molecule has 0 N–H and O–H groups in total. The summed E-state index contributed by atoms with van der Waals surface area (Å²) in [6.45, 7) is -0.343. The van der Waals surface area contributed by atoms with E-state index in [2.05, 4.69) is 20.1 Å². The van der Waals surface area contributed by atoms with Gasteiger partial charge in [-0.3, -0.25) is 9.78 Å². The zero-order chi connectivity index (χ0) is 20.2. The third-order valence-corrected chi connectivity index (χ3v) is 3.93. The molecule has 0 atom stereocenters. The van der Waals surface area contributed by atoms with Crippen LogP contribution in [0.15, 0.2) is 51.9 Å². The first-order valence-corrected chi connectivity index (χ1v) is 8.70. The van der Waals surface area contributed by atoms with Gasteiger partial charge in [-0.05, 0) is 18.2 Å². The van der Waals surface area contributed by atoms with Crippen LogP contribution in [0.4, 0.5) is 4.39 Å². The maximum absolute atomic E-state index is 12.1. The Morgan fingerprint density at radius 3 is 2.72 bits per heavy atom. The van der Waals surface area contributed by atoms with E-state index in [1.807, 2.05) is 0 Å². The highest BCUT2D eigenvalue weighted by molar-refractivity contribution is 5.72. The Bertz CT molecular complexity index is 1190. The van der Waals surface area contributed by atoms with Gasteiger partial charge in [0, 0.05) is 19.2 Å². The molecule has 0 fully saturated rings. The van der Waals surface area contributed by atoms with Crippen molar-refractivity contribution in [3.8, 4) is 23.1 Å². The lowest BCUT2D eigenvalue weighted by Gasteiger charge is -2.06. The molecule has 0 unspecified atom stereocenters. The topological polar surface area (TPSA) is 105 Å². The smallest absolute Gasteiger partial charge is 0.266 e. The zero-order valence-corrected chi connectivity index (χ0v) is 15.4. The van der Waals surface area contributed by atoms with Crippen LogP contribution in [0.3, 0.4) is 0 Å². The Hall–Kier alpha value is -3.82. The van der Waals surface area contributed by atoms with Crippen molar-refractivity contribution in [2.45, 2.75) is 6.61 Å². The van der Waals surface area contributed by atoms with Crippen LogP contribution >= 0.6 is 0 Å². The van der Waals surface area contributed by atoms with Crippen LogP contribution in [0.1, 0.15) is 5.69 Å². The van der Waals surface area contributed by atoms with Gasteiger partial charge >= 0.3 is 0 Å². The second kappa shape index (κ2) is 8.05. The van der Waals surface area contributed by atoms with Gasteiger partial charge in [-0.2, -0.15) is 5.10 Å². The lowest BCUT2D eigenvalue weighted by molar-refractivity contribution is 0.271. The van der Waals surface area contributed by atoms with Crippen molar-refractivity contribution in [2.24, 2.45) is 7.05 Å². The molecule has 0 aliphatic carbocycles. The molecule has 9 nitrogen and oxygen atoms in total. The molecule has 4 rings (SSSR count). The van der Waals surface area contributed by atoms with Crippen LogP contribution < -0.4 is 15.0 Å². The Balaban J connectivity index is 1.47. The lowest BCUT2D eigenvalue weighted by Crippen LogP contribution is -2.18. The number of oxazole rings is 1. The fourth-order valence-corrected chi connectivity index (χ4v) is 2.50. The summed E-state index contributed by atoms with van der Waals surface area (Å²) in [5.41, 5.74) is 1.70. The number of nitrogens with zero attached hydrogens (tertiary/aromatic N) is 5. The largest absolute Gasteiger partial charge is 0.489 e. The van der Waals surface area contributed by atoms with Gasteiger partial charge in [-0.15, -0.1) is 0 Å². The third-order valence-electron chi connectivity index (χ3n) is 3.93. The van der Waals surface area contributed by atoms with Crippen molar-refractivity contribution < 1.29 is 18.3 Å². The molecule has 148 valence electrons. The van der Waals surface area contributed by atoms with Crippen molar-refractivity contribution in [2.75, 3.05) is 13.3 Å². The number of aromatic nitrogens is 5. The number of halogens is 1. The molecular formula is C19H16FN5O4. The van der Waals surface area contributed by atoms with Gasteiger partial charge in [0.05, 0.1) is 18.1 Å². The van der Waals surface area contributed by atoms with Crippen LogP contribution in [0.25, 0.3) is 22.8 Å². The minimum absolute atomic E-state index is 0.00227. The van der Waals surface area contributed by atoms with Crippen LogP contribution in [-0.2, 0) is 13.7 Å². The fraction of sp³-hybridized carbons (Fsp3) is 0.211. The summed E-state index contributed by atoms with van der Waals surface area (Å²) in [5, 5.41) is 4.11. The molecule has 0 radical (unpaired) electrons. The molecule has 4 aromatic rings. The van der Waals surface area contributed by atoms with Crippen LogP contribution in [0, 0.1) is 0 Å². The monoisotopic (exact) mass is 397 g/mol. The number of aryl methyl sites for hydroxylation is 1. The number of pyridine rings is 2. The van der Waals surface area contributed by atoms with Gasteiger partial charge in [0.1, 0.15) is 42.6 Å². The molecule has 10 heteroatoms. The van der Waals surface area contributed by atoms with E-state index in [-0.39, 0.29) is 24.7 Å². The Morgan fingerprint density at radius 1 is 1.10 bits per heavy atom. The predicted molar refractivity (Wildman–Crippen MR) is 100 cm³/mol. The maximum Gasteiger partial charge on any atom is 0.266 e.